The topological polar surface area (TPSA) is 0 Å². The average Bonchev–Trinajstić information content (AvgIpc) is 1.87. The Balaban J connectivity index is 3.58. The molecular weight excluding hydrogens is 116 g/mol. The van der Waals surface area contributed by atoms with Crippen LogP contribution in [0.25, 0.3) is 0 Å². The van der Waals surface area contributed by atoms with Gasteiger partial charge in [0.2, 0.25) is 0 Å². The van der Waals surface area contributed by atoms with Crippen molar-refractivity contribution in [3.63, 3.8) is 0 Å². The Bertz CT molecular complexity index is 47.1. The van der Waals surface area contributed by atoms with Gasteiger partial charge in [-0.1, -0.05) is 20.8 Å². The third-order valence-corrected chi connectivity index (χ3v) is 3.12. The van der Waals surface area contributed by atoms with Crippen molar-refractivity contribution in [2.75, 3.05) is 0 Å². The van der Waals surface area contributed by atoms with Gasteiger partial charge in [0.25, 0.3) is 0 Å². The van der Waals surface area contributed by atoms with Gasteiger partial charge in [-0.2, -0.15) is 11.8 Å². The number of hydrogen-bond acceptors (Lipinski definition) is 1. The maximum absolute atomic E-state index is 3.82. The molecule has 0 spiro atoms. The van der Waals surface area contributed by atoms with Crippen molar-refractivity contribution >= 4 is 11.8 Å². The SMILES string of the molecule is [CH2]SC(C)(CC)CC. The van der Waals surface area contributed by atoms with E-state index in [4.69, 9.17) is 0 Å². The fourth-order valence-corrected chi connectivity index (χ4v) is 0.862. The Kier molecular flexibility index (Phi) is 3.54. The largest absolute Gasteiger partial charge is 0.155 e. The zero-order chi connectivity index (χ0) is 6.62. The van der Waals surface area contributed by atoms with E-state index in [9.17, 15) is 0 Å². The summed E-state index contributed by atoms with van der Waals surface area (Å²) in [5, 5.41) is 0. The molecule has 0 atom stereocenters. The Hall–Kier alpha value is 0.350. The summed E-state index contributed by atoms with van der Waals surface area (Å²) in [5.41, 5.74) is 0. The van der Waals surface area contributed by atoms with Gasteiger partial charge in [0.15, 0.2) is 0 Å². The zero-order valence-electron chi connectivity index (χ0n) is 6.03. The highest BCUT2D eigenvalue weighted by molar-refractivity contribution is 8.01. The maximum atomic E-state index is 3.82. The van der Waals surface area contributed by atoms with Crippen molar-refractivity contribution < 1.29 is 0 Å². The van der Waals surface area contributed by atoms with Crippen LogP contribution < -0.4 is 0 Å². The molecule has 0 unspecified atom stereocenters. The number of rotatable bonds is 3. The molecule has 0 bridgehead atoms. The standard InChI is InChI=1S/C7H15S/c1-5-7(3,6-2)8-4/h4-6H2,1-3H3. The molecule has 0 aromatic rings. The van der Waals surface area contributed by atoms with Crippen LogP contribution in [-0.4, -0.2) is 4.75 Å². The van der Waals surface area contributed by atoms with E-state index in [1.54, 1.807) is 11.8 Å². The van der Waals surface area contributed by atoms with Crippen LogP contribution in [0.1, 0.15) is 33.6 Å². The number of hydrogen-bond donors (Lipinski definition) is 0. The lowest BCUT2D eigenvalue weighted by molar-refractivity contribution is 0.602. The molecule has 1 heteroatoms. The third kappa shape index (κ3) is 2.08. The first-order valence-corrected chi connectivity index (χ1v) is 4.10. The van der Waals surface area contributed by atoms with E-state index in [1.807, 2.05) is 0 Å². The molecule has 0 rings (SSSR count). The molecule has 0 aliphatic carbocycles. The second kappa shape index (κ2) is 3.39. The normalized spacial score (nSPS) is 12.0. The summed E-state index contributed by atoms with van der Waals surface area (Å²) >= 11 is 1.72. The predicted octanol–water partition coefficient (Wildman–Crippen LogP) is 3.09. The van der Waals surface area contributed by atoms with Crippen LogP contribution in [-0.2, 0) is 0 Å². The molecule has 0 saturated heterocycles. The third-order valence-electron chi connectivity index (χ3n) is 1.84. The van der Waals surface area contributed by atoms with Crippen molar-refractivity contribution in [1.29, 1.82) is 0 Å². The first kappa shape index (κ1) is 8.35. The molecule has 0 aliphatic rings. The molecule has 0 fully saturated rings. The number of thioether (sulfide) groups is 1. The molecule has 1 radical (unpaired) electrons. The molecule has 8 heavy (non-hydrogen) atoms. The first-order valence-electron chi connectivity index (χ1n) is 3.11. The lowest BCUT2D eigenvalue weighted by Crippen LogP contribution is -2.15. The van der Waals surface area contributed by atoms with Gasteiger partial charge in [-0.3, -0.25) is 0 Å². The molecular formula is C7H15S. The van der Waals surface area contributed by atoms with Crippen LogP contribution in [0.4, 0.5) is 0 Å². The Morgan fingerprint density at radius 2 is 1.75 bits per heavy atom. The van der Waals surface area contributed by atoms with Gasteiger partial charge in [0.1, 0.15) is 0 Å². The second-order valence-electron chi connectivity index (χ2n) is 2.30. The van der Waals surface area contributed by atoms with Crippen molar-refractivity contribution in [2.45, 2.75) is 38.4 Å². The summed E-state index contributed by atoms with van der Waals surface area (Å²) in [6, 6.07) is 0. The van der Waals surface area contributed by atoms with E-state index in [-0.39, 0.29) is 0 Å². The van der Waals surface area contributed by atoms with E-state index in [0.717, 1.165) is 0 Å². The fraction of sp³-hybridized carbons (Fsp3) is 0.857. The highest BCUT2D eigenvalue weighted by Gasteiger charge is 2.16. The van der Waals surface area contributed by atoms with Gasteiger partial charge < -0.3 is 0 Å². The first-order chi connectivity index (χ1) is 3.68. The summed E-state index contributed by atoms with van der Waals surface area (Å²) in [6.45, 7) is 6.67. The summed E-state index contributed by atoms with van der Waals surface area (Å²) in [6.07, 6.45) is 6.26. The van der Waals surface area contributed by atoms with E-state index >= 15 is 0 Å². The summed E-state index contributed by atoms with van der Waals surface area (Å²) in [5.74, 6) is 0. The Morgan fingerprint density at radius 3 is 1.75 bits per heavy atom. The average molecular weight is 131 g/mol. The van der Waals surface area contributed by atoms with Crippen LogP contribution >= 0.6 is 11.8 Å². The Labute approximate surface area is 57.1 Å². The lowest BCUT2D eigenvalue weighted by Gasteiger charge is -2.22. The van der Waals surface area contributed by atoms with Gasteiger partial charge in [0.05, 0.1) is 0 Å². The quantitative estimate of drug-likeness (QED) is 0.567. The molecule has 0 amide bonds. The van der Waals surface area contributed by atoms with Gasteiger partial charge >= 0.3 is 0 Å². The van der Waals surface area contributed by atoms with Crippen molar-refractivity contribution in [3.05, 3.63) is 6.26 Å². The van der Waals surface area contributed by atoms with E-state index in [0.29, 0.717) is 4.75 Å². The minimum absolute atomic E-state index is 0.431. The Morgan fingerprint density at radius 1 is 1.38 bits per heavy atom. The molecule has 0 nitrogen and oxygen atoms in total. The van der Waals surface area contributed by atoms with Gasteiger partial charge in [-0.15, -0.1) is 0 Å². The smallest absolute Gasteiger partial charge is 0.0127 e. The predicted molar refractivity (Wildman–Crippen MR) is 41.9 cm³/mol. The van der Waals surface area contributed by atoms with Crippen LogP contribution in [0.5, 0.6) is 0 Å². The van der Waals surface area contributed by atoms with Gasteiger partial charge in [0, 0.05) is 11.0 Å². The molecule has 49 valence electrons. The van der Waals surface area contributed by atoms with E-state index < -0.39 is 0 Å². The molecule has 0 saturated carbocycles. The van der Waals surface area contributed by atoms with Gasteiger partial charge in [-0.05, 0) is 12.8 Å². The lowest BCUT2D eigenvalue weighted by atomic mass is 10.1. The summed E-state index contributed by atoms with van der Waals surface area (Å²) in [4.78, 5) is 0. The fourth-order valence-electron chi connectivity index (χ4n) is 0.454. The highest BCUT2D eigenvalue weighted by Crippen LogP contribution is 2.29. The zero-order valence-corrected chi connectivity index (χ0v) is 6.85. The van der Waals surface area contributed by atoms with Crippen LogP contribution in [0.2, 0.25) is 0 Å². The maximum Gasteiger partial charge on any atom is 0.0127 e. The van der Waals surface area contributed by atoms with Gasteiger partial charge in [-0.25, -0.2) is 0 Å². The van der Waals surface area contributed by atoms with Crippen LogP contribution in [0.15, 0.2) is 0 Å². The molecule has 0 N–H and O–H groups in total. The minimum Gasteiger partial charge on any atom is -0.155 e. The monoisotopic (exact) mass is 131 g/mol. The minimum atomic E-state index is 0.431. The van der Waals surface area contributed by atoms with Crippen LogP contribution in [0, 0.1) is 6.26 Å². The molecule has 0 aliphatic heterocycles. The van der Waals surface area contributed by atoms with E-state index in [2.05, 4.69) is 27.0 Å². The summed E-state index contributed by atoms with van der Waals surface area (Å²) < 4.78 is 0.431. The van der Waals surface area contributed by atoms with Crippen molar-refractivity contribution in [2.24, 2.45) is 0 Å². The van der Waals surface area contributed by atoms with Crippen molar-refractivity contribution in [3.8, 4) is 0 Å². The van der Waals surface area contributed by atoms with Crippen molar-refractivity contribution in [1.82, 2.24) is 0 Å². The molecule has 0 heterocycles. The molecule has 0 aromatic carbocycles. The highest BCUT2D eigenvalue weighted by atomic mass is 32.2. The van der Waals surface area contributed by atoms with E-state index in [1.165, 1.54) is 12.8 Å². The van der Waals surface area contributed by atoms with Crippen LogP contribution in [0.3, 0.4) is 0 Å². The second-order valence-corrected chi connectivity index (χ2v) is 3.58. The molecule has 0 aromatic heterocycles. The summed E-state index contributed by atoms with van der Waals surface area (Å²) in [7, 11) is 0.